The number of hydrogen-bond donors (Lipinski definition) is 4. The second kappa shape index (κ2) is 8.95. The average molecular weight is 518 g/mol. The van der Waals surface area contributed by atoms with Crippen LogP contribution in [-0.4, -0.2) is 83.6 Å². The number of carbonyl (C=O) groups excluding carboxylic acids is 2. The van der Waals surface area contributed by atoms with E-state index in [1.807, 2.05) is 29.5 Å². The summed E-state index contributed by atoms with van der Waals surface area (Å²) in [4.78, 5) is 49.7. The van der Waals surface area contributed by atoms with Crippen LogP contribution in [0.25, 0.3) is 0 Å². The van der Waals surface area contributed by atoms with Gasteiger partial charge in [0.15, 0.2) is 5.13 Å². The maximum Gasteiger partial charge on any atom is 0.352 e. The van der Waals surface area contributed by atoms with Gasteiger partial charge in [0.2, 0.25) is 11.5 Å². The Balaban J connectivity index is 1.33. The SMILES string of the molecule is CO/N=C(\C(=O)N[C@@H]1C(=O)N2C(C(=O)O)=C(CN3C=CN4NC=CC=C34)CS[C@@H]12)c1nsc(N)n1. The van der Waals surface area contributed by atoms with E-state index in [4.69, 9.17) is 10.6 Å². The van der Waals surface area contributed by atoms with Crippen LogP contribution in [0.1, 0.15) is 5.82 Å². The smallest absolute Gasteiger partial charge is 0.352 e. The van der Waals surface area contributed by atoms with Gasteiger partial charge < -0.3 is 31.3 Å². The minimum absolute atomic E-state index is 0.0331. The summed E-state index contributed by atoms with van der Waals surface area (Å²) >= 11 is 2.25. The lowest BCUT2D eigenvalue weighted by atomic mass is 10.0. The predicted molar refractivity (Wildman–Crippen MR) is 126 cm³/mol. The number of thioether (sulfide) groups is 1. The molecular weight excluding hydrogens is 498 g/mol. The van der Waals surface area contributed by atoms with Crippen LogP contribution in [0.4, 0.5) is 5.13 Å². The number of carboxylic acid groups (broad SMARTS) is 1. The number of hydrazine groups is 1. The van der Waals surface area contributed by atoms with Gasteiger partial charge in [0.1, 0.15) is 30.0 Å². The Kier molecular flexibility index (Phi) is 5.81. The second-order valence-electron chi connectivity index (χ2n) is 7.51. The lowest BCUT2D eigenvalue weighted by Crippen LogP contribution is -2.71. The lowest BCUT2D eigenvalue weighted by Gasteiger charge is -2.49. The van der Waals surface area contributed by atoms with Gasteiger partial charge in [-0.3, -0.25) is 14.5 Å². The molecule has 0 radical (unpaired) electrons. The van der Waals surface area contributed by atoms with Crippen molar-refractivity contribution in [2.45, 2.75) is 11.4 Å². The average Bonchev–Trinajstić information content (AvgIpc) is 3.46. The molecule has 0 bridgehead atoms. The minimum atomic E-state index is -1.21. The summed E-state index contributed by atoms with van der Waals surface area (Å²) in [6.07, 6.45) is 9.15. The van der Waals surface area contributed by atoms with E-state index in [0.29, 0.717) is 11.3 Å². The zero-order valence-electron chi connectivity index (χ0n) is 18.1. The van der Waals surface area contributed by atoms with Crippen LogP contribution in [0.5, 0.6) is 0 Å². The highest BCUT2D eigenvalue weighted by Gasteiger charge is 2.54. The highest BCUT2D eigenvalue weighted by Crippen LogP contribution is 2.41. The number of oxime groups is 1. The molecule has 14 nitrogen and oxygen atoms in total. The van der Waals surface area contributed by atoms with Crippen molar-refractivity contribution < 1.29 is 24.3 Å². The molecule has 1 aromatic heterocycles. The molecule has 0 aromatic carbocycles. The Hall–Kier alpha value is -4.05. The Morgan fingerprint density at radius 3 is 2.97 bits per heavy atom. The quantitative estimate of drug-likeness (QED) is 0.201. The van der Waals surface area contributed by atoms with Crippen molar-refractivity contribution in [3.05, 3.63) is 53.7 Å². The van der Waals surface area contributed by atoms with E-state index in [-0.39, 0.29) is 28.9 Å². The maximum absolute atomic E-state index is 13.0. The zero-order chi connectivity index (χ0) is 24.7. The highest BCUT2D eigenvalue weighted by molar-refractivity contribution is 8.00. The van der Waals surface area contributed by atoms with E-state index in [2.05, 4.69) is 25.3 Å². The fraction of sp³-hybridized carbons (Fsp3) is 0.263. The molecule has 0 unspecified atom stereocenters. The summed E-state index contributed by atoms with van der Waals surface area (Å²) in [5.74, 6) is -1.31. The van der Waals surface area contributed by atoms with E-state index in [1.54, 1.807) is 11.2 Å². The molecule has 0 aliphatic carbocycles. The van der Waals surface area contributed by atoms with E-state index in [1.165, 1.54) is 23.8 Å². The van der Waals surface area contributed by atoms with Crippen LogP contribution in [0, 0.1) is 0 Å². The monoisotopic (exact) mass is 517 g/mol. The number of allylic oxidation sites excluding steroid dienone is 2. The Bertz CT molecular complexity index is 1250. The lowest BCUT2D eigenvalue weighted by molar-refractivity contribution is -0.150. The first kappa shape index (κ1) is 22.7. The Morgan fingerprint density at radius 2 is 2.26 bits per heavy atom. The van der Waals surface area contributed by atoms with Gasteiger partial charge in [0.25, 0.3) is 11.8 Å². The fourth-order valence-electron chi connectivity index (χ4n) is 3.94. The zero-order valence-corrected chi connectivity index (χ0v) is 19.7. The van der Waals surface area contributed by atoms with Crippen molar-refractivity contribution in [3.63, 3.8) is 0 Å². The highest BCUT2D eigenvalue weighted by atomic mass is 32.2. The van der Waals surface area contributed by atoms with E-state index in [0.717, 1.165) is 17.4 Å². The first-order valence-corrected chi connectivity index (χ1v) is 12.0. The second-order valence-corrected chi connectivity index (χ2v) is 9.39. The summed E-state index contributed by atoms with van der Waals surface area (Å²) in [6.45, 7) is 0.290. The normalized spacial score (nSPS) is 22.9. The Morgan fingerprint density at radius 1 is 1.43 bits per heavy atom. The summed E-state index contributed by atoms with van der Waals surface area (Å²) in [5.41, 5.74) is 8.91. The fourth-order valence-corrected chi connectivity index (χ4v) is 5.71. The summed E-state index contributed by atoms with van der Waals surface area (Å²) < 4.78 is 3.95. The number of nitrogen functional groups attached to an aromatic ring is 1. The van der Waals surface area contributed by atoms with Crippen molar-refractivity contribution >= 4 is 51.9 Å². The number of nitrogens with zero attached hydrogens (tertiary/aromatic N) is 6. The number of hydrogen-bond acceptors (Lipinski definition) is 13. The Labute approximate surface area is 206 Å². The van der Waals surface area contributed by atoms with Crippen LogP contribution in [0.15, 0.2) is 53.0 Å². The molecule has 182 valence electrons. The first-order valence-electron chi connectivity index (χ1n) is 10.2. The van der Waals surface area contributed by atoms with Crippen molar-refractivity contribution in [1.82, 2.24) is 34.9 Å². The molecule has 35 heavy (non-hydrogen) atoms. The van der Waals surface area contributed by atoms with E-state index in [9.17, 15) is 19.5 Å². The molecule has 16 heteroatoms. The number of nitrogens with one attached hydrogen (secondary N) is 2. The molecule has 4 aliphatic rings. The third-order valence-electron chi connectivity index (χ3n) is 5.44. The number of fused-ring (bicyclic) bond motifs is 2. The molecule has 0 saturated carbocycles. The van der Waals surface area contributed by atoms with Gasteiger partial charge >= 0.3 is 5.97 Å². The molecule has 2 atom stereocenters. The van der Waals surface area contributed by atoms with E-state index >= 15 is 0 Å². The van der Waals surface area contributed by atoms with Crippen LogP contribution in [0.2, 0.25) is 0 Å². The minimum Gasteiger partial charge on any atom is -0.477 e. The maximum atomic E-state index is 13.0. The number of nitrogens with two attached hydrogens (primary N) is 1. The van der Waals surface area contributed by atoms with Gasteiger partial charge in [-0.05, 0) is 17.7 Å². The van der Waals surface area contributed by atoms with Crippen LogP contribution >= 0.6 is 23.3 Å². The third kappa shape index (κ3) is 3.95. The third-order valence-corrected chi connectivity index (χ3v) is 7.32. The number of rotatable bonds is 7. The number of carboxylic acids is 1. The van der Waals surface area contributed by atoms with E-state index < -0.39 is 29.2 Å². The molecule has 1 saturated heterocycles. The van der Waals surface area contributed by atoms with Crippen molar-refractivity contribution in [2.75, 3.05) is 25.1 Å². The van der Waals surface area contributed by atoms with Gasteiger partial charge in [0.05, 0.1) is 0 Å². The van der Waals surface area contributed by atoms with Crippen LogP contribution in [-0.2, 0) is 19.2 Å². The number of aromatic nitrogens is 2. The van der Waals surface area contributed by atoms with Crippen LogP contribution < -0.4 is 16.5 Å². The number of β-lactam (4-membered cyclic amide) rings is 1. The molecular formula is C19H19N9O5S2. The van der Waals surface area contributed by atoms with Crippen LogP contribution in [0.3, 0.4) is 0 Å². The summed E-state index contributed by atoms with van der Waals surface area (Å²) in [5, 5.41) is 17.5. The van der Waals surface area contributed by atoms with Gasteiger partial charge in [0, 0.05) is 42.4 Å². The molecule has 0 spiro atoms. The van der Waals surface area contributed by atoms with Crippen molar-refractivity contribution in [3.8, 4) is 0 Å². The largest absolute Gasteiger partial charge is 0.477 e. The number of anilines is 1. The van der Waals surface area contributed by atoms with Gasteiger partial charge in [-0.15, -0.1) is 11.8 Å². The predicted octanol–water partition coefficient (Wildman–Crippen LogP) is -0.828. The first-order chi connectivity index (χ1) is 16.9. The molecule has 4 aliphatic heterocycles. The number of carbonyl (C=O) groups is 3. The molecule has 1 aromatic rings. The molecule has 5 heterocycles. The number of aliphatic carboxylic acids is 1. The molecule has 5 N–H and O–H groups in total. The summed E-state index contributed by atoms with van der Waals surface area (Å²) in [7, 11) is 1.26. The summed E-state index contributed by atoms with van der Waals surface area (Å²) in [6, 6.07) is -0.945. The number of amides is 2. The van der Waals surface area contributed by atoms with Crippen molar-refractivity contribution in [1.29, 1.82) is 0 Å². The standard InChI is InChI=1S/C19H19N9O5S2/c1-33-24-11(14-23-19(20)35-25-14)15(29)22-12-16(30)28-13(18(31)32)9(8-34-17(12)28)7-26-5-6-27-10(26)3-2-4-21-27/h2-6,12,17,21H,7-8H2,1H3,(H,22,29)(H,31,32)(H2,20,23,25)/b24-11-/t12-,17+/m1/s1. The van der Waals surface area contributed by atoms with Gasteiger partial charge in [-0.1, -0.05) is 5.16 Å². The topological polar surface area (TPSA) is 179 Å². The van der Waals surface area contributed by atoms with Gasteiger partial charge in [-0.25, -0.2) is 9.80 Å². The molecule has 5 rings (SSSR count). The molecule has 1 fully saturated rings. The molecule has 2 amide bonds. The van der Waals surface area contributed by atoms with Crippen molar-refractivity contribution in [2.24, 2.45) is 5.16 Å². The van der Waals surface area contributed by atoms with Gasteiger partial charge in [-0.2, -0.15) is 9.36 Å².